The Hall–Kier alpha value is -1.90. The predicted molar refractivity (Wildman–Crippen MR) is 57.2 cm³/mol. The highest BCUT2D eigenvalue weighted by Gasteiger charge is 2.24. The van der Waals surface area contributed by atoms with Crippen LogP contribution in [0.3, 0.4) is 0 Å². The largest absolute Gasteiger partial charge is 0.325 e. The van der Waals surface area contributed by atoms with Gasteiger partial charge in [0.25, 0.3) is 0 Å². The number of nitrogens with zero attached hydrogens (tertiary/aromatic N) is 5. The third-order valence-corrected chi connectivity index (χ3v) is 2.34. The van der Waals surface area contributed by atoms with Gasteiger partial charge in [0.15, 0.2) is 0 Å². The van der Waals surface area contributed by atoms with E-state index in [1.165, 1.54) is 22.2 Å². The summed E-state index contributed by atoms with van der Waals surface area (Å²) in [6.45, 7) is 5.59. The van der Waals surface area contributed by atoms with E-state index in [2.05, 4.69) is 10.1 Å². The van der Waals surface area contributed by atoms with Crippen molar-refractivity contribution in [1.82, 2.24) is 19.7 Å². The fraction of sp³-hybridized carbons (Fsp3) is 0.600. The summed E-state index contributed by atoms with van der Waals surface area (Å²) in [6.07, 6.45) is 2.88. The van der Waals surface area contributed by atoms with Crippen LogP contribution < -0.4 is 0 Å². The molecule has 16 heavy (non-hydrogen) atoms. The lowest BCUT2D eigenvalue weighted by Gasteiger charge is -2.26. The van der Waals surface area contributed by atoms with Crippen LogP contribution in [-0.2, 0) is 4.79 Å². The number of carbonyl (C=O) groups excluding carboxylic acids is 1. The standard InChI is InChI=1S/C10H15N5O/c1-8(2)14(5-4-11)10(16)9(3)15-7-12-6-13-15/h6-9H,5H2,1-3H3. The van der Waals surface area contributed by atoms with E-state index in [1.54, 1.807) is 6.92 Å². The first kappa shape index (κ1) is 12.2. The fourth-order valence-electron chi connectivity index (χ4n) is 1.36. The van der Waals surface area contributed by atoms with E-state index >= 15 is 0 Å². The Labute approximate surface area is 94.5 Å². The van der Waals surface area contributed by atoms with Crippen LogP contribution in [0.5, 0.6) is 0 Å². The second kappa shape index (κ2) is 5.26. The van der Waals surface area contributed by atoms with Crippen molar-refractivity contribution in [3.05, 3.63) is 12.7 Å². The second-order valence-electron chi connectivity index (χ2n) is 3.77. The van der Waals surface area contributed by atoms with Gasteiger partial charge in [-0.3, -0.25) is 4.79 Å². The van der Waals surface area contributed by atoms with Gasteiger partial charge >= 0.3 is 0 Å². The van der Waals surface area contributed by atoms with Crippen LogP contribution in [0, 0.1) is 11.3 Å². The van der Waals surface area contributed by atoms with Gasteiger partial charge in [-0.1, -0.05) is 0 Å². The third-order valence-electron chi connectivity index (χ3n) is 2.34. The summed E-state index contributed by atoms with van der Waals surface area (Å²) in [4.78, 5) is 17.4. The van der Waals surface area contributed by atoms with Gasteiger partial charge in [0.1, 0.15) is 25.2 Å². The molecule has 6 nitrogen and oxygen atoms in total. The average Bonchev–Trinajstić information content (AvgIpc) is 2.76. The summed E-state index contributed by atoms with van der Waals surface area (Å²) in [5, 5.41) is 12.6. The van der Waals surface area contributed by atoms with Crippen molar-refractivity contribution in [2.45, 2.75) is 32.9 Å². The third kappa shape index (κ3) is 2.57. The van der Waals surface area contributed by atoms with Crippen molar-refractivity contribution in [3.63, 3.8) is 0 Å². The number of hydrogen-bond acceptors (Lipinski definition) is 4. The summed E-state index contributed by atoms with van der Waals surface area (Å²) >= 11 is 0. The lowest BCUT2D eigenvalue weighted by Crippen LogP contribution is -2.41. The minimum absolute atomic E-state index is 0.00174. The molecule has 0 saturated carbocycles. The zero-order valence-electron chi connectivity index (χ0n) is 9.66. The maximum absolute atomic E-state index is 12.1. The van der Waals surface area contributed by atoms with Crippen molar-refractivity contribution in [2.24, 2.45) is 0 Å². The zero-order valence-corrected chi connectivity index (χ0v) is 9.66. The second-order valence-corrected chi connectivity index (χ2v) is 3.77. The van der Waals surface area contributed by atoms with Crippen LogP contribution in [0.4, 0.5) is 0 Å². The maximum atomic E-state index is 12.1. The normalized spacial score (nSPS) is 12.2. The molecule has 1 rings (SSSR count). The van der Waals surface area contributed by atoms with E-state index < -0.39 is 6.04 Å². The van der Waals surface area contributed by atoms with Crippen molar-refractivity contribution in [1.29, 1.82) is 5.26 Å². The Morgan fingerprint density at radius 3 is 2.69 bits per heavy atom. The van der Waals surface area contributed by atoms with Crippen LogP contribution in [0.25, 0.3) is 0 Å². The molecule has 0 saturated heterocycles. The van der Waals surface area contributed by atoms with E-state index in [0.29, 0.717) is 0 Å². The molecule has 0 bridgehead atoms. The molecule has 0 aliphatic heterocycles. The number of hydrogen-bond donors (Lipinski definition) is 0. The first-order chi connectivity index (χ1) is 7.57. The topological polar surface area (TPSA) is 74.8 Å². The Morgan fingerprint density at radius 1 is 1.56 bits per heavy atom. The van der Waals surface area contributed by atoms with Crippen LogP contribution in [-0.4, -0.2) is 38.2 Å². The quantitative estimate of drug-likeness (QED) is 0.698. The fourth-order valence-corrected chi connectivity index (χ4v) is 1.36. The molecule has 86 valence electrons. The van der Waals surface area contributed by atoms with Crippen molar-refractivity contribution in [2.75, 3.05) is 6.54 Å². The van der Waals surface area contributed by atoms with E-state index in [4.69, 9.17) is 5.26 Å². The lowest BCUT2D eigenvalue weighted by atomic mass is 10.2. The van der Waals surface area contributed by atoms with E-state index in [9.17, 15) is 4.79 Å². The van der Waals surface area contributed by atoms with Crippen molar-refractivity contribution < 1.29 is 4.79 Å². The van der Waals surface area contributed by atoms with Crippen LogP contribution in [0.2, 0.25) is 0 Å². The lowest BCUT2D eigenvalue weighted by molar-refractivity contribution is -0.135. The first-order valence-corrected chi connectivity index (χ1v) is 5.09. The van der Waals surface area contributed by atoms with Crippen molar-refractivity contribution in [3.8, 4) is 6.07 Å². The minimum Gasteiger partial charge on any atom is -0.325 e. The van der Waals surface area contributed by atoms with Gasteiger partial charge in [-0.15, -0.1) is 0 Å². The molecule has 1 atom stereocenters. The Balaban J connectivity index is 2.79. The average molecular weight is 221 g/mol. The molecular formula is C10H15N5O. The summed E-state index contributed by atoms with van der Waals surface area (Å²) in [5.74, 6) is -0.123. The van der Waals surface area contributed by atoms with Gasteiger partial charge in [0.2, 0.25) is 5.91 Å². The van der Waals surface area contributed by atoms with E-state index in [1.807, 2.05) is 19.9 Å². The molecule has 0 radical (unpaired) electrons. The van der Waals surface area contributed by atoms with Crippen LogP contribution >= 0.6 is 0 Å². The first-order valence-electron chi connectivity index (χ1n) is 5.09. The van der Waals surface area contributed by atoms with Gasteiger partial charge in [-0.05, 0) is 20.8 Å². The molecule has 1 amide bonds. The molecule has 0 aliphatic rings. The van der Waals surface area contributed by atoms with Gasteiger partial charge in [0.05, 0.1) is 6.07 Å². The number of nitriles is 1. The van der Waals surface area contributed by atoms with Gasteiger partial charge in [0, 0.05) is 6.04 Å². The predicted octanol–water partition coefficient (Wildman–Crippen LogP) is 0.600. The summed E-state index contributed by atoms with van der Waals surface area (Å²) in [5.41, 5.74) is 0. The summed E-state index contributed by atoms with van der Waals surface area (Å²) < 4.78 is 1.48. The number of amides is 1. The number of aromatic nitrogens is 3. The van der Waals surface area contributed by atoms with E-state index in [0.717, 1.165) is 0 Å². The highest BCUT2D eigenvalue weighted by Crippen LogP contribution is 2.10. The Bertz CT molecular complexity index is 378. The van der Waals surface area contributed by atoms with Gasteiger partial charge < -0.3 is 4.90 Å². The molecule has 1 aromatic heterocycles. The summed E-state index contributed by atoms with van der Waals surface area (Å²) in [6, 6.07) is 1.56. The van der Waals surface area contributed by atoms with Crippen LogP contribution in [0.1, 0.15) is 26.8 Å². The van der Waals surface area contributed by atoms with Crippen molar-refractivity contribution >= 4 is 5.91 Å². The van der Waals surface area contributed by atoms with Gasteiger partial charge in [-0.25, -0.2) is 9.67 Å². The van der Waals surface area contributed by atoms with Gasteiger partial charge in [-0.2, -0.15) is 10.4 Å². The zero-order chi connectivity index (χ0) is 12.1. The molecule has 6 heteroatoms. The molecule has 0 aliphatic carbocycles. The molecule has 0 aromatic carbocycles. The molecule has 0 N–H and O–H groups in total. The van der Waals surface area contributed by atoms with E-state index in [-0.39, 0.29) is 18.5 Å². The minimum atomic E-state index is -0.432. The number of rotatable bonds is 4. The maximum Gasteiger partial charge on any atom is 0.248 e. The van der Waals surface area contributed by atoms with Crippen LogP contribution in [0.15, 0.2) is 12.7 Å². The molecule has 1 heterocycles. The Kier molecular flexibility index (Phi) is 4.00. The number of carbonyl (C=O) groups is 1. The SMILES string of the molecule is CC(C)N(CC#N)C(=O)C(C)n1cncn1. The Morgan fingerprint density at radius 2 is 2.25 bits per heavy atom. The highest BCUT2D eigenvalue weighted by molar-refractivity contribution is 5.80. The molecule has 0 spiro atoms. The smallest absolute Gasteiger partial charge is 0.248 e. The molecular weight excluding hydrogens is 206 g/mol. The molecule has 1 unspecified atom stereocenters. The summed E-state index contributed by atoms with van der Waals surface area (Å²) in [7, 11) is 0. The molecule has 0 fully saturated rings. The monoisotopic (exact) mass is 221 g/mol. The highest BCUT2D eigenvalue weighted by atomic mass is 16.2. The molecule has 1 aromatic rings.